The Hall–Kier alpha value is -1.37. The first-order chi connectivity index (χ1) is 7.88. The molecule has 1 aromatic rings. The lowest BCUT2D eigenvalue weighted by Crippen LogP contribution is -2.26. The maximum Gasteiger partial charge on any atom is 0.179 e. The van der Waals surface area contributed by atoms with Crippen LogP contribution in [0.3, 0.4) is 0 Å². The van der Waals surface area contributed by atoms with Gasteiger partial charge in [-0.3, -0.25) is 0 Å². The number of hydrogen-bond acceptors (Lipinski definition) is 3. The van der Waals surface area contributed by atoms with Gasteiger partial charge in [0.2, 0.25) is 0 Å². The minimum absolute atomic E-state index is 0.129. The quantitative estimate of drug-likeness (QED) is 0.731. The summed E-state index contributed by atoms with van der Waals surface area (Å²) < 4.78 is 0. The van der Waals surface area contributed by atoms with Crippen LogP contribution in [0.25, 0.3) is 0 Å². The summed E-state index contributed by atoms with van der Waals surface area (Å²) >= 11 is 0. The molecule has 1 heterocycles. The molecule has 1 saturated heterocycles. The molecule has 0 N–H and O–H groups in total. The Morgan fingerprint density at radius 2 is 2.00 bits per heavy atom. The zero-order valence-electron chi connectivity index (χ0n) is 9.13. The van der Waals surface area contributed by atoms with Gasteiger partial charge in [-0.2, -0.15) is 5.26 Å². The van der Waals surface area contributed by atoms with Gasteiger partial charge in [0.05, 0.1) is 12.2 Å². The molecule has 3 nitrogen and oxygen atoms in total. The molecule has 1 aliphatic rings. The Morgan fingerprint density at radius 1 is 1.19 bits per heavy atom. The minimum atomic E-state index is -0.382. The molecule has 3 heteroatoms. The van der Waals surface area contributed by atoms with Gasteiger partial charge in [-0.1, -0.05) is 30.3 Å². The third-order valence-electron chi connectivity index (χ3n) is 2.80. The van der Waals surface area contributed by atoms with Crippen LogP contribution in [-0.2, 0) is 16.2 Å². The Labute approximate surface area is 95.5 Å². The first kappa shape index (κ1) is 11.1. The normalized spacial score (nSPS) is 24.9. The van der Waals surface area contributed by atoms with Gasteiger partial charge in [0.25, 0.3) is 0 Å². The van der Waals surface area contributed by atoms with E-state index < -0.39 is 0 Å². The number of benzene rings is 1. The maximum absolute atomic E-state index is 8.63. The fourth-order valence-corrected chi connectivity index (χ4v) is 1.83. The smallest absolute Gasteiger partial charge is 0.179 e. The highest BCUT2D eigenvalue weighted by molar-refractivity contribution is 5.14. The Morgan fingerprint density at radius 3 is 2.62 bits per heavy atom. The first-order valence-electron chi connectivity index (χ1n) is 5.64. The van der Waals surface area contributed by atoms with Crippen molar-refractivity contribution in [3.05, 3.63) is 35.9 Å². The van der Waals surface area contributed by atoms with Gasteiger partial charge in [-0.25, -0.2) is 9.78 Å². The van der Waals surface area contributed by atoms with Crippen molar-refractivity contribution in [1.82, 2.24) is 0 Å². The molecule has 1 fully saturated rings. The molecule has 84 valence electrons. The summed E-state index contributed by atoms with van der Waals surface area (Å²) in [5.74, 6) is 0. The van der Waals surface area contributed by atoms with Gasteiger partial charge in [-0.05, 0) is 31.2 Å². The van der Waals surface area contributed by atoms with E-state index in [-0.39, 0.29) is 12.2 Å². The topological polar surface area (TPSA) is 42.2 Å². The molecule has 1 aromatic carbocycles. The number of nitrogens with zero attached hydrogens (tertiary/aromatic N) is 1. The predicted octanol–water partition coefficient (Wildman–Crippen LogP) is 2.62. The summed E-state index contributed by atoms with van der Waals surface area (Å²) in [6.07, 6.45) is 3.37. The highest BCUT2D eigenvalue weighted by Gasteiger charge is 2.22. The monoisotopic (exact) mass is 217 g/mol. The van der Waals surface area contributed by atoms with Gasteiger partial charge < -0.3 is 0 Å². The standard InChI is InChI=1S/C13H15NO2/c14-10-13-9-8-12(15-16-13)7-6-11-4-2-1-3-5-11/h1-5,12-13H,6-9H2. The van der Waals surface area contributed by atoms with Crippen molar-refractivity contribution in [2.24, 2.45) is 0 Å². The van der Waals surface area contributed by atoms with E-state index in [1.807, 2.05) is 18.2 Å². The van der Waals surface area contributed by atoms with Crippen molar-refractivity contribution in [3.8, 4) is 6.07 Å². The fraction of sp³-hybridized carbons (Fsp3) is 0.462. The second kappa shape index (κ2) is 5.64. The Bertz CT molecular complexity index is 350. The zero-order valence-corrected chi connectivity index (χ0v) is 9.13. The van der Waals surface area contributed by atoms with Gasteiger partial charge in [0.15, 0.2) is 6.10 Å². The van der Waals surface area contributed by atoms with E-state index in [9.17, 15) is 0 Å². The van der Waals surface area contributed by atoms with Crippen LogP contribution in [-0.4, -0.2) is 12.2 Å². The average Bonchev–Trinajstić information content (AvgIpc) is 2.38. The first-order valence-corrected chi connectivity index (χ1v) is 5.64. The predicted molar refractivity (Wildman–Crippen MR) is 59.4 cm³/mol. The molecule has 1 aliphatic heterocycles. The van der Waals surface area contributed by atoms with E-state index in [4.69, 9.17) is 15.0 Å². The summed E-state index contributed by atoms with van der Waals surface area (Å²) in [6.45, 7) is 0. The molecule has 0 radical (unpaired) electrons. The molecule has 0 amide bonds. The second-order valence-electron chi connectivity index (χ2n) is 4.03. The van der Waals surface area contributed by atoms with E-state index in [1.165, 1.54) is 5.56 Å². The molecule has 16 heavy (non-hydrogen) atoms. The summed E-state index contributed by atoms with van der Waals surface area (Å²) in [5.41, 5.74) is 1.31. The van der Waals surface area contributed by atoms with Gasteiger partial charge in [0.1, 0.15) is 0 Å². The maximum atomic E-state index is 8.63. The van der Waals surface area contributed by atoms with Crippen molar-refractivity contribution >= 4 is 0 Å². The van der Waals surface area contributed by atoms with E-state index in [2.05, 4.69) is 18.2 Å². The molecule has 2 unspecified atom stereocenters. The largest absolute Gasteiger partial charge is 0.232 e. The Balaban J connectivity index is 1.74. The van der Waals surface area contributed by atoms with Crippen molar-refractivity contribution in [2.45, 2.75) is 37.9 Å². The van der Waals surface area contributed by atoms with Crippen molar-refractivity contribution in [2.75, 3.05) is 0 Å². The minimum Gasteiger partial charge on any atom is -0.232 e. The highest BCUT2D eigenvalue weighted by atomic mass is 17.2. The summed E-state index contributed by atoms with van der Waals surface area (Å²) in [7, 11) is 0. The molecular formula is C13H15NO2. The molecule has 0 bridgehead atoms. The SMILES string of the molecule is N#CC1CCC(CCc2ccccc2)OO1. The molecule has 0 spiro atoms. The second-order valence-corrected chi connectivity index (χ2v) is 4.03. The van der Waals surface area contributed by atoms with E-state index in [0.29, 0.717) is 0 Å². The fourth-order valence-electron chi connectivity index (χ4n) is 1.83. The number of aryl methyl sites for hydroxylation is 1. The zero-order chi connectivity index (χ0) is 11.2. The third-order valence-corrected chi connectivity index (χ3v) is 2.80. The lowest BCUT2D eigenvalue weighted by Gasteiger charge is -2.24. The number of hydrogen-bond donors (Lipinski definition) is 0. The molecule has 2 rings (SSSR count). The Kier molecular flexibility index (Phi) is 3.92. The van der Waals surface area contributed by atoms with Crippen LogP contribution in [0.1, 0.15) is 24.8 Å². The molecule has 0 aromatic heterocycles. The summed E-state index contributed by atoms with van der Waals surface area (Å²) in [5, 5.41) is 8.63. The van der Waals surface area contributed by atoms with Gasteiger partial charge in [0, 0.05) is 0 Å². The third kappa shape index (κ3) is 3.06. The number of nitriles is 1. The molecular weight excluding hydrogens is 202 g/mol. The van der Waals surface area contributed by atoms with Crippen LogP contribution in [0.5, 0.6) is 0 Å². The highest BCUT2D eigenvalue weighted by Crippen LogP contribution is 2.20. The van der Waals surface area contributed by atoms with Crippen LogP contribution in [0.15, 0.2) is 30.3 Å². The van der Waals surface area contributed by atoms with Crippen molar-refractivity contribution in [3.63, 3.8) is 0 Å². The molecule has 0 saturated carbocycles. The van der Waals surface area contributed by atoms with E-state index >= 15 is 0 Å². The van der Waals surface area contributed by atoms with Crippen LogP contribution >= 0.6 is 0 Å². The van der Waals surface area contributed by atoms with Gasteiger partial charge in [-0.15, -0.1) is 0 Å². The average molecular weight is 217 g/mol. The van der Waals surface area contributed by atoms with Crippen molar-refractivity contribution < 1.29 is 9.78 Å². The number of rotatable bonds is 3. The van der Waals surface area contributed by atoms with Crippen molar-refractivity contribution in [1.29, 1.82) is 5.26 Å². The van der Waals surface area contributed by atoms with Crippen LogP contribution < -0.4 is 0 Å². The van der Waals surface area contributed by atoms with E-state index in [1.54, 1.807) is 0 Å². The lowest BCUT2D eigenvalue weighted by molar-refractivity contribution is -0.362. The molecule has 2 atom stereocenters. The molecule has 0 aliphatic carbocycles. The van der Waals surface area contributed by atoms with E-state index in [0.717, 1.165) is 25.7 Å². The lowest BCUT2D eigenvalue weighted by atomic mass is 10.0. The summed E-state index contributed by atoms with van der Waals surface area (Å²) in [4.78, 5) is 10.1. The van der Waals surface area contributed by atoms with Gasteiger partial charge >= 0.3 is 0 Å². The van der Waals surface area contributed by atoms with Crippen LogP contribution in [0, 0.1) is 11.3 Å². The van der Waals surface area contributed by atoms with Crippen LogP contribution in [0.2, 0.25) is 0 Å². The van der Waals surface area contributed by atoms with Crippen LogP contribution in [0.4, 0.5) is 0 Å². The summed E-state index contributed by atoms with van der Waals surface area (Å²) in [6, 6.07) is 12.4.